The van der Waals surface area contributed by atoms with Crippen LogP contribution in [0.5, 0.6) is 0 Å². The van der Waals surface area contributed by atoms with Gasteiger partial charge >= 0.3 is 0 Å². The first-order chi connectivity index (χ1) is 8.91. The summed E-state index contributed by atoms with van der Waals surface area (Å²) in [5, 5.41) is 0. The summed E-state index contributed by atoms with van der Waals surface area (Å²) in [6.45, 7) is 2.28. The van der Waals surface area contributed by atoms with Crippen LogP contribution in [-0.4, -0.2) is 17.8 Å². The van der Waals surface area contributed by atoms with Crippen molar-refractivity contribution in [2.75, 3.05) is 11.5 Å². The van der Waals surface area contributed by atoms with E-state index < -0.39 is 0 Å². The Morgan fingerprint density at radius 3 is 1.61 bits per heavy atom. The van der Waals surface area contributed by atoms with Crippen molar-refractivity contribution in [2.24, 2.45) is 0 Å². The number of aldehydes is 1. The molecule has 0 rings (SSSR count). The molecule has 108 valence electrons. The fraction of sp³-hybridized carbons (Fsp3) is 0.938. The molecule has 0 heterocycles. The Bertz CT molecular complexity index is 159. The summed E-state index contributed by atoms with van der Waals surface area (Å²) in [5.74, 6) is 1.84. The van der Waals surface area contributed by atoms with E-state index in [-0.39, 0.29) is 0 Å². The number of hydrogen-bond donors (Lipinski definition) is 0. The highest BCUT2D eigenvalue weighted by atomic mass is 32.2. The molecule has 18 heavy (non-hydrogen) atoms. The largest absolute Gasteiger partial charge is 0.302 e. The molecule has 0 aliphatic heterocycles. The average molecular weight is 272 g/mol. The third-order valence-corrected chi connectivity index (χ3v) is 4.28. The third-order valence-electron chi connectivity index (χ3n) is 3.33. The van der Waals surface area contributed by atoms with Crippen molar-refractivity contribution in [3.8, 4) is 0 Å². The van der Waals surface area contributed by atoms with Crippen LogP contribution < -0.4 is 0 Å². The van der Waals surface area contributed by atoms with Gasteiger partial charge in [-0.25, -0.2) is 0 Å². The zero-order chi connectivity index (χ0) is 13.3. The molecule has 0 amide bonds. The maximum atomic E-state index is 10.1. The van der Waals surface area contributed by atoms with Crippen LogP contribution in [0.3, 0.4) is 0 Å². The Balaban J connectivity index is 2.88. The van der Waals surface area contributed by atoms with Gasteiger partial charge in [-0.2, -0.15) is 11.8 Å². The van der Waals surface area contributed by atoms with E-state index in [9.17, 15) is 4.79 Å². The molecule has 0 N–H and O–H groups in total. The quantitative estimate of drug-likeness (QED) is 0.284. The van der Waals surface area contributed by atoms with E-state index in [1.165, 1.54) is 77.0 Å². The van der Waals surface area contributed by atoms with E-state index in [1.54, 1.807) is 11.8 Å². The maximum Gasteiger partial charge on any atom is 0.129 e. The second-order valence-electron chi connectivity index (χ2n) is 5.13. The van der Waals surface area contributed by atoms with E-state index in [1.807, 2.05) is 0 Å². The fourth-order valence-electron chi connectivity index (χ4n) is 2.18. The van der Waals surface area contributed by atoms with Crippen molar-refractivity contribution in [1.29, 1.82) is 0 Å². The lowest BCUT2D eigenvalue weighted by molar-refractivity contribution is -0.105. The molecular formula is C16H32OS. The first-order valence-electron chi connectivity index (χ1n) is 7.93. The number of unbranched alkanes of at least 4 members (excludes halogenated alkanes) is 11. The summed E-state index contributed by atoms with van der Waals surface area (Å²) in [4.78, 5) is 10.1. The van der Waals surface area contributed by atoms with Crippen LogP contribution in [0.1, 0.15) is 84.0 Å². The first-order valence-corrected chi connectivity index (χ1v) is 9.08. The Morgan fingerprint density at radius 2 is 1.17 bits per heavy atom. The summed E-state index contributed by atoms with van der Waals surface area (Å²) in [6, 6.07) is 0. The maximum absolute atomic E-state index is 10.1. The molecule has 0 atom stereocenters. The summed E-state index contributed by atoms with van der Waals surface area (Å²) >= 11 is 1.77. The molecule has 0 fully saturated rings. The Labute approximate surface area is 118 Å². The van der Waals surface area contributed by atoms with Gasteiger partial charge in [0.2, 0.25) is 0 Å². The summed E-state index contributed by atoms with van der Waals surface area (Å²) in [7, 11) is 0. The minimum Gasteiger partial charge on any atom is -0.302 e. The van der Waals surface area contributed by atoms with Crippen molar-refractivity contribution < 1.29 is 4.79 Å². The molecular weight excluding hydrogens is 240 g/mol. The second-order valence-corrected chi connectivity index (χ2v) is 6.28. The molecule has 0 aliphatic carbocycles. The molecule has 0 unspecified atom stereocenters. The van der Waals surface area contributed by atoms with E-state index in [0.717, 1.165) is 12.0 Å². The van der Waals surface area contributed by atoms with Crippen LogP contribution >= 0.6 is 11.8 Å². The van der Waals surface area contributed by atoms with Crippen LogP contribution in [0.25, 0.3) is 0 Å². The number of thioether (sulfide) groups is 1. The lowest BCUT2D eigenvalue weighted by atomic mass is 10.1. The minimum absolute atomic E-state index is 0.679. The van der Waals surface area contributed by atoms with E-state index in [2.05, 4.69) is 6.92 Å². The molecule has 0 aromatic carbocycles. The summed E-state index contributed by atoms with van der Waals surface area (Å²) in [6.07, 6.45) is 17.8. The zero-order valence-corrected chi connectivity index (χ0v) is 13.1. The summed E-state index contributed by atoms with van der Waals surface area (Å²) < 4.78 is 0. The highest BCUT2D eigenvalue weighted by molar-refractivity contribution is 7.99. The van der Waals surface area contributed by atoms with Crippen molar-refractivity contribution in [2.45, 2.75) is 84.0 Å². The summed E-state index contributed by atoms with van der Waals surface area (Å²) in [5.41, 5.74) is 0. The molecule has 0 aliphatic rings. The van der Waals surface area contributed by atoms with Gasteiger partial charge in [-0.1, -0.05) is 77.6 Å². The van der Waals surface area contributed by atoms with Gasteiger partial charge in [0.15, 0.2) is 0 Å². The Kier molecular flexibility index (Phi) is 17.0. The zero-order valence-electron chi connectivity index (χ0n) is 12.3. The molecule has 1 nitrogen and oxygen atoms in total. The smallest absolute Gasteiger partial charge is 0.129 e. The lowest BCUT2D eigenvalue weighted by Crippen LogP contribution is -1.86. The predicted molar refractivity (Wildman–Crippen MR) is 84.5 cm³/mol. The first kappa shape index (κ1) is 18.0. The standard InChI is InChI=1S/C16H32OS/c1-2-3-4-5-6-7-8-9-10-11-12-13-15-18-16-14-17/h14H,2-13,15-16H2,1H3. The molecule has 0 saturated heterocycles. The number of hydrogen-bond acceptors (Lipinski definition) is 2. The topological polar surface area (TPSA) is 17.1 Å². The highest BCUT2D eigenvalue weighted by Crippen LogP contribution is 2.12. The Morgan fingerprint density at radius 1 is 0.722 bits per heavy atom. The van der Waals surface area contributed by atoms with Crippen LogP contribution in [0, 0.1) is 0 Å². The predicted octanol–water partition coefficient (Wildman–Crippen LogP) is 5.62. The van der Waals surface area contributed by atoms with Gasteiger partial charge < -0.3 is 4.79 Å². The van der Waals surface area contributed by atoms with Crippen LogP contribution in [0.4, 0.5) is 0 Å². The number of carbonyl (C=O) groups excluding carboxylic acids is 1. The Hall–Kier alpha value is 0.0200. The van der Waals surface area contributed by atoms with Crippen LogP contribution in [-0.2, 0) is 4.79 Å². The number of carbonyl (C=O) groups is 1. The van der Waals surface area contributed by atoms with Crippen molar-refractivity contribution in [1.82, 2.24) is 0 Å². The fourth-order valence-corrected chi connectivity index (χ4v) is 2.85. The third kappa shape index (κ3) is 16.0. The second kappa shape index (κ2) is 17.0. The van der Waals surface area contributed by atoms with Crippen LogP contribution in [0.15, 0.2) is 0 Å². The van der Waals surface area contributed by atoms with Crippen molar-refractivity contribution >= 4 is 18.0 Å². The van der Waals surface area contributed by atoms with Gasteiger partial charge in [0, 0.05) is 5.75 Å². The monoisotopic (exact) mass is 272 g/mol. The molecule has 0 saturated carbocycles. The SMILES string of the molecule is CCCCCCCCCCCCCCSCC=O. The van der Waals surface area contributed by atoms with Gasteiger partial charge in [-0.05, 0) is 12.2 Å². The molecule has 0 bridgehead atoms. The molecule has 0 aromatic rings. The van der Waals surface area contributed by atoms with Gasteiger partial charge in [-0.3, -0.25) is 0 Å². The van der Waals surface area contributed by atoms with Gasteiger partial charge in [0.1, 0.15) is 6.29 Å². The molecule has 0 aromatic heterocycles. The molecule has 2 heteroatoms. The van der Waals surface area contributed by atoms with Crippen molar-refractivity contribution in [3.63, 3.8) is 0 Å². The molecule has 0 radical (unpaired) electrons. The van der Waals surface area contributed by atoms with Gasteiger partial charge in [0.25, 0.3) is 0 Å². The van der Waals surface area contributed by atoms with E-state index >= 15 is 0 Å². The normalized spacial score (nSPS) is 10.7. The number of rotatable bonds is 15. The lowest BCUT2D eigenvalue weighted by Gasteiger charge is -2.02. The van der Waals surface area contributed by atoms with Crippen LogP contribution in [0.2, 0.25) is 0 Å². The van der Waals surface area contributed by atoms with Gasteiger partial charge in [-0.15, -0.1) is 0 Å². The molecule has 0 spiro atoms. The van der Waals surface area contributed by atoms with E-state index in [0.29, 0.717) is 5.75 Å². The van der Waals surface area contributed by atoms with E-state index in [4.69, 9.17) is 0 Å². The highest BCUT2D eigenvalue weighted by Gasteiger charge is 1.93. The minimum atomic E-state index is 0.679. The average Bonchev–Trinajstić information content (AvgIpc) is 2.39. The van der Waals surface area contributed by atoms with Crippen molar-refractivity contribution in [3.05, 3.63) is 0 Å². The van der Waals surface area contributed by atoms with Gasteiger partial charge in [0.05, 0.1) is 0 Å².